The molecule has 0 aliphatic rings. The van der Waals surface area contributed by atoms with Crippen LogP contribution in [0.3, 0.4) is 0 Å². The molecule has 2 N–H and O–H groups in total. The van der Waals surface area contributed by atoms with Gasteiger partial charge in [0.05, 0.1) is 11.3 Å². The molecule has 0 radical (unpaired) electrons. The second kappa shape index (κ2) is 8.20. The molecule has 0 bridgehead atoms. The molecule has 1 aromatic heterocycles. The van der Waals surface area contributed by atoms with Gasteiger partial charge in [0.1, 0.15) is 0 Å². The van der Waals surface area contributed by atoms with Crippen LogP contribution in [0, 0.1) is 0 Å². The number of thioether (sulfide) groups is 1. The molecule has 3 rings (SSSR count). The van der Waals surface area contributed by atoms with E-state index in [1.807, 2.05) is 30.3 Å². The first-order valence-corrected chi connectivity index (χ1v) is 9.28. The highest BCUT2D eigenvalue weighted by Gasteiger charge is 2.17. The van der Waals surface area contributed by atoms with Crippen LogP contribution in [0.5, 0.6) is 0 Å². The summed E-state index contributed by atoms with van der Waals surface area (Å²) in [7, 11) is 0. The molecule has 0 spiro atoms. The van der Waals surface area contributed by atoms with Crippen molar-refractivity contribution in [2.45, 2.75) is 10.8 Å². The van der Waals surface area contributed by atoms with Crippen LogP contribution in [0.2, 0.25) is 0 Å². The third-order valence-electron chi connectivity index (χ3n) is 3.41. The summed E-state index contributed by atoms with van der Waals surface area (Å²) in [5, 5.41) is 16.1. The molecule has 26 heavy (non-hydrogen) atoms. The van der Waals surface area contributed by atoms with Gasteiger partial charge >= 0.3 is 5.97 Å². The molecular weight excluding hydrogens is 420 g/mol. The lowest BCUT2D eigenvalue weighted by molar-refractivity contribution is 0.0698. The van der Waals surface area contributed by atoms with Crippen LogP contribution >= 0.6 is 27.7 Å². The van der Waals surface area contributed by atoms with Crippen molar-refractivity contribution >= 4 is 45.3 Å². The number of hydrogen-bond acceptors (Lipinski definition) is 5. The first-order chi connectivity index (χ1) is 12.5. The normalized spacial score (nSPS) is 10.5. The maximum Gasteiger partial charge on any atom is 0.337 e. The van der Waals surface area contributed by atoms with E-state index in [1.54, 1.807) is 6.07 Å². The number of aromatic nitrogens is 1. The zero-order valence-electron chi connectivity index (χ0n) is 13.3. The lowest BCUT2D eigenvalue weighted by Crippen LogP contribution is -2.15. The minimum absolute atomic E-state index is 0.0186. The van der Waals surface area contributed by atoms with Gasteiger partial charge in [-0.25, -0.2) is 4.79 Å². The van der Waals surface area contributed by atoms with Gasteiger partial charge in [0.15, 0.2) is 10.8 Å². The number of benzene rings is 2. The zero-order valence-corrected chi connectivity index (χ0v) is 15.7. The molecule has 0 unspecified atom stereocenters. The summed E-state index contributed by atoms with van der Waals surface area (Å²) in [5.74, 6) is -0.988. The monoisotopic (exact) mass is 432 g/mol. The molecule has 3 aromatic rings. The molecule has 0 aliphatic heterocycles. The summed E-state index contributed by atoms with van der Waals surface area (Å²) < 4.78 is 5.78. The third kappa shape index (κ3) is 4.53. The number of anilines is 1. The number of hydrogen-bond donors (Lipinski definition) is 2. The molecule has 6 nitrogen and oxygen atoms in total. The number of nitrogens with one attached hydrogen (secondary N) is 1. The predicted octanol–water partition coefficient (Wildman–Crippen LogP) is 4.68. The quantitative estimate of drug-likeness (QED) is 0.549. The van der Waals surface area contributed by atoms with Crippen molar-refractivity contribution in [3.63, 3.8) is 0 Å². The Kier molecular flexibility index (Phi) is 5.75. The number of amides is 1. The Morgan fingerprint density at radius 3 is 2.65 bits per heavy atom. The Hall–Kier alpha value is -2.58. The fourth-order valence-corrected chi connectivity index (χ4v) is 3.30. The van der Waals surface area contributed by atoms with E-state index < -0.39 is 11.9 Å². The van der Waals surface area contributed by atoms with E-state index in [2.05, 4.69) is 26.4 Å². The Morgan fingerprint density at radius 1 is 1.15 bits per heavy atom. The maximum absolute atomic E-state index is 12.3. The van der Waals surface area contributed by atoms with Crippen LogP contribution in [0.25, 0.3) is 0 Å². The minimum atomic E-state index is -1.14. The third-order valence-corrected chi connectivity index (χ3v) is 4.85. The van der Waals surface area contributed by atoms with Gasteiger partial charge in [-0.1, -0.05) is 63.2 Å². The highest BCUT2D eigenvalue weighted by atomic mass is 79.9. The van der Waals surface area contributed by atoms with Gasteiger partial charge in [-0.3, -0.25) is 4.79 Å². The van der Waals surface area contributed by atoms with E-state index in [4.69, 9.17) is 4.52 Å². The molecule has 132 valence electrons. The van der Waals surface area contributed by atoms with E-state index in [0.29, 0.717) is 15.3 Å². The molecule has 0 saturated carbocycles. The van der Waals surface area contributed by atoms with Crippen molar-refractivity contribution in [1.82, 2.24) is 5.16 Å². The molecule has 2 aromatic carbocycles. The maximum atomic E-state index is 12.3. The lowest BCUT2D eigenvalue weighted by Gasteiger charge is -2.07. The standard InChI is InChI=1S/C18H13BrN2O4S/c19-12-6-7-14(13(8-12)18(23)24)20-17(22)15-9-16(25-21-15)26-10-11-4-2-1-3-5-11/h1-9H,10H2,(H,20,22)(H,23,24). The summed E-state index contributed by atoms with van der Waals surface area (Å²) in [4.78, 5) is 23.6. The van der Waals surface area contributed by atoms with E-state index in [-0.39, 0.29) is 16.9 Å². The summed E-state index contributed by atoms with van der Waals surface area (Å²) >= 11 is 4.63. The van der Waals surface area contributed by atoms with E-state index in [0.717, 1.165) is 5.56 Å². The Morgan fingerprint density at radius 2 is 1.92 bits per heavy atom. The number of halogens is 1. The Balaban J connectivity index is 1.68. The Labute approximate surface area is 161 Å². The highest BCUT2D eigenvalue weighted by molar-refractivity contribution is 9.10. The second-order valence-corrected chi connectivity index (χ2v) is 7.15. The minimum Gasteiger partial charge on any atom is -0.478 e. The molecule has 0 aliphatic carbocycles. The molecular formula is C18H13BrN2O4S. The van der Waals surface area contributed by atoms with Crippen LogP contribution in [0.4, 0.5) is 5.69 Å². The van der Waals surface area contributed by atoms with Crippen LogP contribution in [-0.2, 0) is 5.75 Å². The number of carboxylic acids is 1. The molecule has 0 atom stereocenters. The number of carboxylic acid groups (broad SMARTS) is 1. The first kappa shape index (κ1) is 18.2. The van der Waals surface area contributed by atoms with Crippen molar-refractivity contribution < 1.29 is 19.2 Å². The number of carbonyl (C=O) groups excluding carboxylic acids is 1. The summed E-state index contributed by atoms with van der Waals surface area (Å²) in [6.45, 7) is 0. The summed E-state index contributed by atoms with van der Waals surface area (Å²) in [6.07, 6.45) is 0. The largest absolute Gasteiger partial charge is 0.478 e. The predicted molar refractivity (Wildman–Crippen MR) is 102 cm³/mol. The van der Waals surface area contributed by atoms with Crippen molar-refractivity contribution in [2.75, 3.05) is 5.32 Å². The first-order valence-electron chi connectivity index (χ1n) is 7.50. The topological polar surface area (TPSA) is 92.4 Å². The van der Waals surface area contributed by atoms with Gasteiger partial charge in [-0.15, -0.1) is 0 Å². The average molecular weight is 433 g/mol. The number of aromatic carboxylic acids is 1. The molecule has 1 heterocycles. The Bertz CT molecular complexity index is 943. The number of carbonyl (C=O) groups is 2. The van der Waals surface area contributed by atoms with Crippen molar-refractivity contribution in [3.05, 3.63) is 75.9 Å². The molecule has 1 amide bonds. The van der Waals surface area contributed by atoms with Gasteiger partial charge in [0.2, 0.25) is 0 Å². The van der Waals surface area contributed by atoms with E-state index in [9.17, 15) is 14.7 Å². The van der Waals surface area contributed by atoms with Crippen molar-refractivity contribution in [2.24, 2.45) is 0 Å². The van der Waals surface area contributed by atoms with Gasteiger partial charge in [0, 0.05) is 16.3 Å². The smallest absolute Gasteiger partial charge is 0.337 e. The SMILES string of the molecule is O=C(Nc1ccc(Br)cc1C(=O)O)c1cc(SCc2ccccc2)on1. The van der Waals surface area contributed by atoms with E-state index in [1.165, 1.54) is 30.0 Å². The number of nitrogens with zero attached hydrogens (tertiary/aromatic N) is 1. The van der Waals surface area contributed by atoms with Crippen LogP contribution in [0.15, 0.2) is 68.7 Å². The fraction of sp³-hybridized carbons (Fsp3) is 0.0556. The highest BCUT2D eigenvalue weighted by Crippen LogP contribution is 2.25. The summed E-state index contributed by atoms with van der Waals surface area (Å²) in [5.41, 5.74) is 1.38. The van der Waals surface area contributed by atoms with Gasteiger partial charge in [0.25, 0.3) is 5.91 Å². The molecule has 8 heteroatoms. The zero-order chi connectivity index (χ0) is 18.5. The molecule has 0 fully saturated rings. The lowest BCUT2D eigenvalue weighted by atomic mass is 10.2. The van der Waals surface area contributed by atoms with Crippen molar-refractivity contribution in [1.29, 1.82) is 0 Å². The summed E-state index contributed by atoms with van der Waals surface area (Å²) in [6, 6.07) is 15.9. The number of rotatable bonds is 6. The average Bonchev–Trinajstić information content (AvgIpc) is 3.11. The van der Waals surface area contributed by atoms with Crippen LogP contribution in [-0.4, -0.2) is 22.1 Å². The van der Waals surface area contributed by atoms with E-state index >= 15 is 0 Å². The van der Waals surface area contributed by atoms with Gasteiger partial charge in [-0.05, 0) is 23.8 Å². The van der Waals surface area contributed by atoms with Crippen molar-refractivity contribution in [3.8, 4) is 0 Å². The molecule has 0 saturated heterocycles. The van der Waals surface area contributed by atoms with Crippen LogP contribution in [0.1, 0.15) is 26.4 Å². The second-order valence-electron chi connectivity index (χ2n) is 5.25. The fourth-order valence-electron chi connectivity index (χ4n) is 2.15. The van der Waals surface area contributed by atoms with Crippen LogP contribution < -0.4 is 5.32 Å². The van der Waals surface area contributed by atoms with Gasteiger partial charge in [-0.2, -0.15) is 0 Å². The van der Waals surface area contributed by atoms with Gasteiger partial charge < -0.3 is 14.9 Å².